The number of hydrogen-bond acceptors (Lipinski definition) is 4. The van der Waals surface area contributed by atoms with Gasteiger partial charge in [0.2, 0.25) is 5.43 Å². The molecule has 19 heavy (non-hydrogen) atoms. The number of rotatable bonds is 3. The number of nitrogen functional groups attached to an aromatic ring is 1. The van der Waals surface area contributed by atoms with Gasteiger partial charge in [-0.1, -0.05) is 0 Å². The quantitative estimate of drug-likeness (QED) is 0.906. The summed E-state index contributed by atoms with van der Waals surface area (Å²) in [5.74, 6) is 0.846. The number of aromatic nitrogens is 2. The van der Waals surface area contributed by atoms with Crippen LogP contribution in [0.5, 0.6) is 5.75 Å². The van der Waals surface area contributed by atoms with Crippen molar-refractivity contribution in [1.29, 1.82) is 0 Å². The minimum Gasteiger partial charge on any atom is -0.496 e. The monoisotopic (exact) mass is 259 g/mol. The van der Waals surface area contributed by atoms with E-state index in [1.54, 1.807) is 25.7 Å². The number of ether oxygens (including phenoxy) is 1. The molecule has 0 fully saturated rings. The molecule has 5 nitrogen and oxygen atoms in total. The van der Waals surface area contributed by atoms with Crippen molar-refractivity contribution in [3.05, 3.63) is 51.7 Å². The van der Waals surface area contributed by atoms with Gasteiger partial charge < -0.3 is 15.0 Å². The lowest BCUT2D eigenvalue weighted by Crippen LogP contribution is -2.12. The van der Waals surface area contributed by atoms with Crippen LogP contribution in [0.1, 0.15) is 16.8 Å². The third-order valence-corrected chi connectivity index (χ3v) is 3.09. The van der Waals surface area contributed by atoms with Crippen molar-refractivity contribution >= 4 is 5.69 Å². The predicted molar refractivity (Wildman–Crippen MR) is 74.5 cm³/mol. The van der Waals surface area contributed by atoms with Gasteiger partial charge in [-0.15, -0.1) is 0 Å². The largest absolute Gasteiger partial charge is 0.496 e. The molecule has 2 aromatic heterocycles. The van der Waals surface area contributed by atoms with E-state index in [-0.39, 0.29) is 11.1 Å². The highest BCUT2D eigenvalue weighted by Crippen LogP contribution is 2.24. The molecule has 0 unspecified atom stereocenters. The molecule has 0 aromatic carbocycles. The van der Waals surface area contributed by atoms with Crippen molar-refractivity contribution in [3.63, 3.8) is 0 Å². The predicted octanol–water partition coefficient (Wildman–Crippen LogP) is 1.50. The molecule has 0 saturated carbocycles. The molecule has 0 aliphatic heterocycles. The molecule has 0 amide bonds. The van der Waals surface area contributed by atoms with Crippen LogP contribution in [0.25, 0.3) is 0 Å². The number of aryl methyl sites for hydroxylation is 1. The van der Waals surface area contributed by atoms with Crippen molar-refractivity contribution < 1.29 is 4.74 Å². The zero-order valence-electron chi connectivity index (χ0n) is 11.3. The fourth-order valence-electron chi connectivity index (χ4n) is 2.05. The summed E-state index contributed by atoms with van der Waals surface area (Å²) in [7, 11) is 1.65. The van der Waals surface area contributed by atoms with Crippen molar-refractivity contribution in [2.24, 2.45) is 0 Å². The van der Waals surface area contributed by atoms with Gasteiger partial charge in [-0.25, -0.2) is 0 Å². The van der Waals surface area contributed by atoms with Gasteiger partial charge in [-0.2, -0.15) is 0 Å². The third kappa shape index (κ3) is 2.59. The molecule has 100 valence electrons. The average molecular weight is 259 g/mol. The number of hydrogen-bond donors (Lipinski definition) is 1. The smallest absolute Gasteiger partial charge is 0.204 e. The van der Waals surface area contributed by atoms with Gasteiger partial charge in [0, 0.05) is 35.8 Å². The Morgan fingerprint density at radius 3 is 2.79 bits per heavy atom. The highest BCUT2D eigenvalue weighted by molar-refractivity contribution is 5.41. The molecule has 2 aromatic rings. The second-order valence-electron chi connectivity index (χ2n) is 4.48. The molecule has 2 rings (SSSR count). The van der Waals surface area contributed by atoms with Gasteiger partial charge >= 0.3 is 0 Å². The topological polar surface area (TPSA) is 70.1 Å². The maximum absolute atomic E-state index is 11.3. The van der Waals surface area contributed by atoms with Crippen LogP contribution in [0.4, 0.5) is 5.69 Å². The number of methoxy groups -OCH3 is 1. The molecule has 0 aliphatic carbocycles. The van der Waals surface area contributed by atoms with E-state index in [1.165, 1.54) is 6.07 Å². The molecule has 0 atom stereocenters. The molecule has 0 aliphatic rings. The van der Waals surface area contributed by atoms with Crippen LogP contribution < -0.4 is 15.9 Å². The van der Waals surface area contributed by atoms with E-state index in [4.69, 9.17) is 10.5 Å². The fraction of sp³-hybridized carbons (Fsp3) is 0.286. The van der Waals surface area contributed by atoms with Crippen LogP contribution in [0.2, 0.25) is 0 Å². The molecule has 0 spiro atoms. The Hall–Kier alpha value is -2.30. The molecule has 0 bridgehead atoms. The molecule has 2 heterocycles. The molecular formula is C14H17N3O2. The van der Waals surface area contributed by atoms with Crippen molar-refractivity contribution in [2.75, 3.05) is 12.8 Å². The normalized spacial score (nSPS) is 10.5. The number of anilines is 1. The minimum absolute atomic E-state index is 0.164. The zero-order chi connectivity index (χ0) is 14.0. The van der Waals surface area contributed by atoms with Gasteiger partial charge in [0.1, 0.15) is 5.75 Å². The van der Waals surface area contributed by atoms with Crippen LogP contribution in [-0.4, -0.2) is 16.7 Å². The lowest BCUT2D eigenvalue weighted by Gasteiger charge is -2.13. The second kappa shape index (κ2) is 5.14. The van der Waals surface area contributed by atoms with Gasteiger partial charge in [-0.3, -0.25) is 9.78 Å². The minimum atomic E-state index is -0.164. The Labute approximate surface area is 111 Å². The summed E-state index contributed by atoms with van der Waals surface area (Å²) in [4.78, 5) is 15.7. The van der Waals surface area contributed by atoms with Crippen LogP contribution in [0.15, 0.2) is 29.5 Å². The van der Waals surface area contributed by atoms with Gasteiger partial charge in [0.15, 0.2) is 0 Å². The molecule has 2 N–H and O–H groups in total. The van der Waals surface area contributed by atoms with E-state index in [2.05, 4.69) is 4.98 Å². The number of nitrogens with two attached hydrogens (primary N) is 1. The summed E-state index contributed by atoms with van der Waals surface area (Å²) in [6, 6.07) is 1.45. The van der Waals surface area contributed by atoms with E-state index in [0.717, 1.165) is 22.6 Å². The molecule has 0 radical (unpaired) electrons. The summed E-state index contributed by atoms with van der Waals surface area (Å²) < 4.78 is 7.21. The maximum atomic E-state index is 11.3. The maximum Gasteiger partial charge on any atom is 0.204 e. The van der Waals surface area contributed by atoms with Crippen LogP contribution in [0.3, 0.4) is 0 Å². The Morgan fingerprint density at radius 2 is 2.16 bits per heavy atom. The van der Waals surface area contributed by atoms with E-state index in [0.29, 0.717) is 6.54 Å². The SMILES string of the molecule is COc1c(C)cnc(Cn2ccc(=O)c(N)c2)c1C. The first-order valence-electron chi connectivity index (χ1n) is 5.97. The Morgan fingerprint density at radius 1 is 1.42 bits per heavy atom. The number of nitrogens with zero attached hydrogens (tertiary/aromatic N) is 2. The highest BCUT2D eigenvalue weighted by Gasteiger charge is 2.09. The highest BCUT2D eigenvalue weighted by atomic mass is 16.5. The first-order valence-corrected chi connectivity index (χ1v) is 5.97. The van der Waals surface area contributed by atoms with E-state index < -0.39 is 0 Å². The summed E-state index contributed by atoms with van der Waals surface area (Å²) in [6.07, 6.45) is 5.11. The Balaban J connectivity index is 2.38. The summed E-state index contributed by atoms with van der Waals surface area (Å²) in [5.41, 5.74) is 8.58. The number of pyridine rings is 2. The van der Waals surface area contributed by atoms with E-state index in [1.807, 2.05) is 18.4 Å². The lowest BCUT2D eigenvalue weighted by molar-refractivity contribution is 0.406. The first-order chi connectivity index (χ1) is 9.02. The first kappa shape index (κ1) is 13.1. The van der Waals surface area contributed by atoms with E-state index in [9.17, 15) is 4.79 Å². The summed E-state index contributed by atoms with van der Waals surface area (Å²) in [6.45, 7) is 4.48. The zero-order valence-corrected chi connectivity index (χ0v) is 11.3. The lowest BCUT2D eigenvalue weighted by atomic mass is 10.1. The standard InChI is InChI=1S/C14H17N3O2/c1-9-6-16-12(10(2)14(9)19-3)8-17-5-4-13(18)11(15)7-17/h4-7H,8,15H2,1-3H3. The fourth-order valence-corrected chi connectivity index (χ4v) is 2.05. The van der Waals surface area contributed by atoms with Gasteiger partial charge in [0.05, 0.1) is 25.0 Å². The van der Waals surface area contributed by atoms with Gasteiger partial charge in [0.25, 0.3) is 0 Å². The van der Waals surface area contributed by atoms with E-state index >= 15 is 0 Å². The Bertz CT molecular complexity index is 662. The van der Waals surface area contributed by atoms with Crippen molar-refractivity contribution in [2.45, 2.75) is 20.4 Å². The Kier molecular flexibility index (Phi) is 3.55. The second-order valence-corrected chi connectivity index (χ2v) is 4.48. The average Bonchev–Trinajstić information content (AvgIpc) is 2.38. The molecule has 0 saturated heterocycles. The molecule has 5 heteroatoms. The van der Waals surface area contributed by atoms with Crippen LogP contribution in [-0.2, 0) is 6.54 Å². The third-order valence-electron chi connectivity index (χ3n) is 3.09. The van der Waals surface area contributed by atoms with Gasteiger partial charge in [-0.05, 0) is 13.8 Å². The molecular weight excluding hydrogens is 242 g/mol. The van der Waals surface area contributed by atoms with Crippen molar-refractivity contribution in [1.82, 2.24) is 9.55 Å². The summed E-state index contributed by atoms with van der Waals surface area (Å²) >= 11 is 0. The van der Waals surface area contributed by atoms with Crippen LogP contribution >= 0.6 is 0 Å². The van der Waals surface area contributed by atoms with Crippen molar-refractivity contribution in [3.8, 4) is 5.75 Å². The van der Waals surface area contributed by atoms with Crippen LogP contribution in [0, 0.1) is 13.8 Å². The summed E-state index contributed by atoms with van der Waals surface area (Å²) in [5, 5.41) is 0.